The lowest BCUT2D eigenvalue weighted by atomic mass is 9.96. The van der Waals surface area contributed by atoms with Gasteiger partial charge in [0.1, 0.15) is 37.0 Å². The molecular weight excluding hydrogens is 640 g/mol. The Morgan fingerprint density at radius 3 is 1.33 bits per heavy atom. The van der Waals surface area contributed by atoms with Crippen LogP contribution in [0.1, 0.15) is 55.4 Å². The third kappa shape index (κ3) is 11.7. The molecule has 2 saturated heterocycles. The van der Waals surface area contributed by atoms with Crippen LogP contribution < -0.4 is 0 Å². The first kappa shape index (κ1) is 38.7. The third-order valence-electron chi connectivity index (χ3n) is 6.22. The topological polar surface area (TPSA) is 212 Å². The fraction of sp³-hybridized carbons (Fsp3) is 0.750. The van der Waals surface area contributed by atoms with Crippen LogP contribution in [0.25, 0.3) is 0 Å². The van der Waals surface area contributed by atoms with Crippen molar-refractivity contribution in [1.82, 2.24) is 0 Å². The highest BCUT2D eigenvalue weighted by molar-refractivity contribution is 7.99. The van der Waals surface area contributed by atoms with Gasteiger partial charge in [-0.05, 0) is 5.75 Å². The molecule has 2 aliphatic rings. The molecule has 0 aromatic rings. The van der Waals surface area contributed by atoms with E-state index >= 15 is 0 Å². The quantitative estimate of drug-likeness (QED) is 0.190. The first-order valence-corrected chi connectivity index (χ1v) is 15.3. The molecule has 0 saturated carbocycles. The van der Waals surface area contributed by atoms with Crippen molar-refractivity contribution in [1.29, 1.82) is 0 Å². The molecule has 0 aromatic carbocycles. The van der Waals surface area contributed by atoms with Gasteiger partial charge in [0.25, 0.3) is 0 Å². The van der Waals surface area contributed by atoms with Crippen LogP contribution in [-0.4, -0.2) is 121 Å². The maximum atomic E-state index is 12.3. The Hall–Kier alpha value is -3.48. The van der Waals surface area contributed by atoms with Gasteiger partial charge in [0.05, 0.1) is 0 Å². The summed E-state index contributed by atoms with van der Waals surface area (Å²) in [5, 5.41) is 0. The van der Waals surface area contributed by atoms with Gasteiger partial charge in [-0.15, -0.1) is 11.8 Å². The largest absolute Gasteiger partial charge is 0.463 e. The lowest BCUT2D eigenvalue weighted by molar-refractivity contribution is -0.341. The Kier molecular flexibility index (Phi) is 15.2. The van der Waals surface area contributed by atoms with Gasteiger partial charge in [0, 0.05) is 48.5 Å². The first-order chi connectivity index (χ1) is 21.5. The van der Waals surface area contributed by atoms with E-state index in [1.807, 2.05) is 0 Å². The summed E-state index contributed by atoms with van der Waals surface area (Å²) in [6.45, 7) is 8.52. The smallest absolute Gasteiger partial charge is 0.303 e. The highest BCUT2D eigenvalue weighted by Crippen LogP contribution is 2.37. The molecule has 0 spiro atoms. The summed E-state index contributed by atoms with van der Waals surface area (Å²) < 4.78 is 56.1. The number of carbonyl (C=O) groups is 7. The zero-order chi connectivity index (χ0) is 34.7. The number of hydrogen-bond donors (Lipinski definition) is 0. The summed E-state index contributed by atoms with van der Waals surface area (Å²) >= 11 is 1.21. The highest BCUT2D eigenvalue weighted by atomic mass is 32.2. The highest BCUT2D eigenvalue weighted by Gasteiger charge is 2.57. The summed E-state index contributed by atoms with van der Waals surface area (Å²) in [5.74, 6) is -5.06. The molecule has 0 amide bonds. The molecule has 0 aliphatic carbocycles. The molecule has 0 N–H and O–H groups in total. The van der Waals surface area contributed by atoms with Crippen molar-refractivity contribution in [2.45, 2.75) is 116 Å². The minimum absolute atomic E-state index is 0.434. The van der Waals surface area contributed by atoms with Gasteiger partial charge < -0.3 is 47.4 Å². The number of esters is 7. The molecule has 46 heavy (non-hydrogen) atoms. The van der Waals surface area contributed by atoms with Crippen LogP contribution in [0.3, 0.4) is 0 Å². The van der Waals surface area contributed by atoms with Crippen LogP contribution in [0, 0.1) is 0 Å². The Morgan fingerprint density at radius 1 is 0.500 bits per heavy atom. The number of ether oxygens (including phenoxy) is 10. The molecular formula is C28H40O17S. The fourth-order valence-corrected chi connectivity index (χ4v) is 5.72. The van der Waals surface area contributed by atoms with E-state index in [0.717, 1.165) is 48.5 Å². The van der Waals surface area contributed by atoms with Gasteiger partial charge in [-0.3, -0.25) is 33.6 Å². The average molecular weight is 681 g/mol. The van der Waals surface area contributed by atoms with Crippen molar-refractivity contribution in [2.24, 2.45) is 0 Å². The molecule has 17 nitrogen and oxygen atoms in total. The Labute approximate surface area is 269 Å². The lowest BCUT2D eigenvalue weighted by Gasteiger charge is -2.48. The van der Waals surface area contributed by atoms with Gasteiger partial charge in [0.2, 0.25) is 0 Å². The predicted molar refractivity (Wildman–Crippen MR) is 151 cm³/mol. The molecule has 2 fully saturated rings. The SMILES string of the molecule is CCS[C@H]1O[C@H](COC(C)=O)[C@@H](O[C@@H]2O[C@H](COC(C)=O)[C@H](OC(C)=O)[C@H](OC(C)=O)[C@H]2OC(C)=O)[C@H](OC(C)=O)[C@H]1OC(C)=O. The van der Waals surface area contributed by atoms with Crippen LogP contribution in [0.4, 0.5) is 0 Å². The van der Waals surface area contributed by atoms with Crippen molar-refractivity contribution in [3.05, 3.63) is 0 Å². The maximum absolute atomic E-state index is 12.3. The summed E-state index contributed by atoms with van der Waals surface area (Å²) in [6.07, 6.45) is -13.1. The predicted octanol–water partition coefficient (Wildman–Crippen LogP) is 0.359. The van der Waals surface area contributed by atoms with Crippen LogP contribution >= 0.6 is 11.8 Å². The van der Waals surface area contributed by atoms with E-state index < -0.39 is 116 Å². The van der Waals surface area contributed by atoms with Crippen LogP contribution in [0.2, 0.25) is 0 Å². The number of thioether (sulfide) groups is 1. The van der Waals surface area contributed by atoms with Crippen molar-refractivity contribution >= 4 is 53.5 Å². The van der Waals surface area contributed by atoms with Crippen molar-refractivity contribution in [2.75, 3.05) is 19.0 Å². The number of carbonyl (C=O) groups excluding carboxylic acids is 7. The van der Waals surface area contributed by atoms with Crippen LogP contribution in [-0.2, 0) is 80.9 Å². The molecule has 10 atom stereocenters. The molecule has 2 heterocycles. The summed E-state index contributed by atoms with van der Waals surface area (Å²) in [4.78, 5) is 84.5. The Balaban J connectivity index is 2.70. The third-order valence-corrected chi connectivity index (χ3v) is 7.26. The molecule has 2 rings (SSSR count). The normalized spacial score (nSPS) is 30.6. The molecule has 0 aromatic heterocycles. The van der Waals surface area contributed by atoms with E-state index in [1.165, 1.54) is 11.8 Å². The van der Waals surface area contributed by atoms with E-state index in [9.17, 15) is 33.6 Å². The van der Waals surface area contributed by atoms with Gasteiger partial charge >= 0.3 is 41.8 Å². The zero-order valence-corrected chi connectivity index (χ0v) is 27.6. The minimum atomic E-state index is -1.72. The molecule has 0 bridgehead atoms. The van der Waals surface area contributed by atoms with E-state index in [2.05, 4.69) is 0 Å². The molecule has 260 valence electrons. The number of rotatable bonds is 13. The van der Waals surface area contributed by atoms with E-state index in [1.54, 1.807) is 6.92 Å². The first-order valence-electron chi connectivity index (χ1n) is 14.2. The zero-order valence-electron chi connectivity index (χ0n) is 26.7. The molecule has 2 aliphatic heterocycles. The second kappa shape index (κ2) is 18.0. The monoisotopic (exact) mass is 680 g/mol. The van der Waals surface area contributed by atoms with Crippen LogP contribution in [0.15, 0.2) is 0 Å². The van der Waals surface area contributed by atoms with Gasteiger partial charge in [-0.1, -0.05) is 6.92 Å². The van der Waals surface area contributed by atoms with Gasteiger partial charge in [-0.2, -0.15) is 0 Å². The molecule has 18 heteroatoms. The van der Waals surface area contributed by atoms with Crippen molar-refractivity contribution in [3.63, 3.8) is 0 Å². The molecule has 0 radical (unpaired) electrons. The second-order valence-electron chi connectivity index (χ2n) is 10.1. The summed E-state index contributed by atoms with van der Waals surface area (Å²) in [5.41, 5.74) is -0.922. The summed E-state index contributed by atoms with van der Waals surface area (Å²) in [7, 11) is 0. The average Bonchev–Trinajstić information content (AvgIpc) is 2.91. The minimum Gasteiger partial charge on any atom is -0.463 e. The van der Waals surface area contributed by atoms with Gasteiger partial charge in [-0.25, -0.2) is 0 Å². The number of hydrogen-bond acceptors (Lipinski definition) is 18. The van der Waals surface area contributed by atoms with Crippen LogP contribution in [0.5, 0.6) is 0 Å². The second-order valence-corrected chi connectivity index (χ2v) is 11.5. The Morgan fingerprint density at radius 2 is 0.891 bits per heavy atom. The maximum Gasteiger partial charge on any atom is 0.303 e. The lowest BCUT2D eigenvalue weighted by Crippen LogP contribution is -2.66. The standard InChI is InChI=1S/C28H40O17S/c1-9-46-28-26(42-18(8)35)24(40-16(6)33)22(20(44-28)11-37-13(3)30)45-27-25(41-17(7)34)23(39-15(5)32)21(38-14(4)31)19(43-27)10-36-12(2)29/h19-28H,9-11H2,1-8H3/t19-,20-,21+,22-,23+,24+,25-,26-,27+,28-/m1/s1. The van der Waals surface area contributed by atoms with E-state index in [-0.39, 0.29) is 0 Å². The van der Waals surface area contributed by atoms with Crippen molar-refractivity contribution < 1.29 is 80.9 Å². The van der Waals surface area contributed by atoms with E-state index in [0.29, 0.717) is 5.75 Å². The fourth-order valence-electron chi connectivity index (χ4n) is 4.77. The summed E-state index contributed by atoms with van der Waals surface area (Å²) in [6, 6.07) is 0. The molecule has 0 unspecified atom stereocenters. The van der Waals surface area contributed by atoms with Crippen molar-refractivity contribution in [3.8, 4) is 0 Å². The van der Waals surface area contributed by atoms with E-state index in [4.69, 9.17) is 47.4 Å². The Bertz CT molecular complexity index is 1130. The van der Waals surface area contributed by atoms with Gasteiger partial charge in [0.15, 0.2) is 36.8 Å².